The number of benzene rings is 1. The largest absolute Gasteiger partial charge is 0.256 e. The molecule has 2 aromatic rings. The summed E-state index contributed by atoms with van der Waals surface area (Å²) in [4.78, 5) is 4.51. The maximum Gasteiger partial charge on any atom is 0.0704 e. The molecule has 1 heteroatoms. The zero-order valence-electron chi connectivity index (χ0n) is 11.6. The van der Waals surface area contributed by atoms with E-state index in [0.717, 1.165) is 11.6 Å². The van der Waals surface area contributed by atoms with E-state index in [2.05, 4.69) is 48.3 Å². The fourth-order valence-corrected chi connectivity index (χ4v) is 3.03. The Morgan fingerprint density at radius 3 is 2.53 bits per heavy atom. The van der Waals surface area contributed by atoms with E-state index < -0.39 is 0 Å². The summed E-state index contributed by atoms with van der Waals surface area (Å²) in [5.41, 5.74) is 5.07. The van der Waals surface area contributed by atoms with Crippen molar-refractivity contribution in [2.75, 3.05) is 0 Å². The van der Waals surface area contributed by atoms with Crippen LogP contribution in [-0.4, -0.2) is 4.98 Å². The molecule has 1 aliphatic carbocycles. The first-order valence-corrected chi connectivity index (χ1v) is 7.33. The zero-order valence-corrected chi connectivity index (χ0v) is 11.6. The molecule has 1 fully saturated rings. The van der Waals surface area contributed by atoms with Crippen molar-refractivity contribution < 1.29 is 0 Å². The number of pyridine rings is 1. The van der Waals surface area contributed by atoms with Crippen molar-refractivity contribution in [2.24, 2.45) is 5.92 Å². The molecule has 3 rings (SSSR count). The fourth-order valence-electron chi connectivity index (χ4n) is 3.03. The van der Waals surface area contributed by atoms with Crippen LogP contribution in [0.5, 0.6) is 0 Å². The summed E-state index contributed by atoms with van der Waals surface area (Å²) >= 11 is 0. The van der Waals surface area contributed by atoms with E-state index in [1.807, 2.05) is 6.20 Å². The molecule has 1 aromatic heterocycles. The topological polar surface area (TPSA) is 12.9 Å². The monoisotopic (exact) mass is 251 g/mol. The average Bonchev–Trinajstić information content (AvgIpc) is 2.93. The van der Waals surface area contributed by atoms with Gasteiger partial charge in [-0.1, -0.05) is 55.5 Å². The van der Waals surface area contributed by atoms with Gasteiger partial charge in [0.15, 0.2) is 0 Å². The van der Waals surface area contributed by atoms with Gasteiger partial charge in [-0.3, -0.25) is 4.98 Å². The number of hydrogen-bond acceptors (Lipinski definition) is 1. The lowest BCUT2D eigenvalue weighted by Crippen LogP contribution is -1.99. The number of rotatable bonds is 3. The Labute approximate surface area is 115 Å². The molecular weight excluding hydrogens is 230 g/mol. The zero-order chi connectivity index (χ0) is 13.1. The molecule has 1 aliphatic rings. The van der Waals surface area contributed by atoms with Gasteiger partial charge >= 0.3 is 0 Å². The summed E-state index contributed by atoms with van der Waals surface area (Å²) < 4.78 is 0. The normalized spacial score (nSPS) is 15.8. The van der Waals surface area contributed by atoms with E-state index in [-0.39, 0.29) is 0 Å². The molecule has 1 saturated carbocycles. The average molecular weight is 251 g/mol. The van der Waals surface area contributed by atoms with Gasteiger partial charge in [0.05, 0.1) is 5.69 Å². The Morgan fingerprint density at radius 2 is 1.79 bits per heavy atom. The van der Waals surface area contributed by atoms with Crippen LogP contribution in [0.1, 0.15) is 36.8 Å². The molecular formula is C18H21N. The Kier molecular flexibility index (Phi) is 3.63. The lowest BCUT2D eigenvalue weighted by molar-refractivity contribution is 0.546. The van der Waals surface area contributed by atoms with Gasteiger partial charge in [0, 0.05) is 11.8 Å². The standard InChI is InChI=1S/C18H21N/c1-14-6-8-17(9-7-14)18-13-16(10-11-19-18)12-15-4-2-3-5-15/h6-11,13,15H,2-5,12H2,1H3. The lowest BCUT2D eigenvalue weighted by Gasteiger charge is -2.10. The van der Waals surface area contributed by atoms with Crippen LogP contribution >= 0.6 is 0 Å². The van der Waals surface area contributed by atoms with E-state index in [0.29, 0.717) is 0 Å². The van der Waals surface area contributed by atoms with Crippen molar-refractivity contribution in [1.82, 2.24) is 4.98 Å². The highest BCUT2D eigenvalue weighted by Crippen LogP contribution is 2.28. The maximum atomic E-state index is 4.51. The minimum atomic E-state index is 0.897. The van der Waals surface area contributed by atoms with Gasteiger partial charge in [-0.05, 0) is 37.0 Å². The van der Waals surface area contributed by atoms with E-state index >= 15 is 0 Å². The van der Waals surface area contributed by atoms with E-state index in [1.165, 1.54) is 48.8 Å². The predicted molar refractivity (Wildman–Crippen MR) is 80.1 cm³/mol. The first-order chi connectivity index (χ1) is 9.31. The first kappa shape index (κ1) is 12.4. The van der Waals surface area contributed by atoms with Gasteiger partial charge in [-0.25, -0.2) is 0 Å². The highest BCUT2D eigenvalue weighted by molar-refractivity contribution is 5.60. The smallest absolute Gasteiger partial charge is 0.0704 e. The lowest BCUT2D eigenvalue weighted by atomic mass is 9.97. The highest BCUT2D eigenvalue weighted by atomic mass is 14.7. The maximum absolute atomic E-state index is 4.51. The first-order valence-electron chi connectivity index (χ1n) is 7.33. The second-order valence-electron chi connectivity index (χ2n) is 5.77. The van der Waals surface area contributed by atoms with Crippen LogP contribution in [0.4, 0.5) is 0 Å². The number of aromatic nitrogens is 1. The van der Waals surface area contributed by atoms with Crippen LogP contribution in [0.25, 0.3) is 11.3 Å². The Morgan fingerprint density at radius 1 is 1.05 bits per heavy atom. The molecule has 0 amide bonds. The van der Waals surface area contributed by atoms with Crippen molar-refractivity contribution in [3.63, 3.8) is 0 Å². The van der Waals surface area contributed by atoms with Gasteiger partial charge in [0.2, 0.25) is 0 Å². The van der Waals surface area contributed by atoms with E-state index in [9.17, 15) is 0 Å². The molecule has 1 nitrogen and oxygen atoms in total. The summed E-state index contributed by atoms with van der Waals surface area (Å²) in [6.07, 6.45) is 8.83. The molecule has 0 saturated heterocycles. The Hall–Kier alpha value is -1.63. The molecule has 0 atom stereocenters. The molecule has 1 aromatic carbocycles. The van der Waals surface area contributed by atoms with Crippen molar-refractivity contribution >= 4 is 0 Å². The van der Waals surface area contributed by atoms with Crippen LogP contribution in [0.2, 0.25) is 0 Å². The van der Waals surface area contributed by atoms with Gasteiger partial charge in [-0.15, -0.1) is 0 Å². The molecule has 0 unspecified atom stereocenters. The minimum absolute atomic E-state index is 0.897. The van der Waals surface area contributed by atoms with Gasteiger partial charge in [0.25, 0.3) is 0 Å². The number of hydrogen-bond donors (Lipinski definition) is 0. The third-order valence-corrected chi connectivity index (χ3v) is 4.17. The second-order valence-corrected chi connectivity index (χ2v) is 5.77. The summed E-state index contributed by atoms with van der Waals surface area (Å²) in [6.45, 7) is 2.12. The molecule has 1 heterocycles. The molecule has 0 N–H and O–H groups in total. The van der Waals surface area contributed by atoms with Crippen molar-refractivity contribution in [1.29, 1.82) is 0 Å². The third-order valence-electron chi connectivity index (χ3n) is 4.17. The Balaban J connectivity index is 1.80. The van der Waals surface area contributed by atoms with E-state index in [1.54, 1.807) is 0 Å². The quantitative estimate of drug-likeness (QED) is 0.764. The van der Waals surface area contributed by atoms with Crippen LogP contribution in [0.15, 0.2) is 42.6 Å². The number of nitrogens with zero attached hydrogens (tertiary/aromatic N) is 1. The molecule has 0 spiro atoms. The highest BCUT2D eigenvalue weighted by Gasteiger charge is 2.15. The summed E-state index contributed by atoms with van der Waals surface area (Å²) in [5, 5.41) is 0. The molecule has 98 valence electrons. The number of aryl methyl sites for hydroxylation is 1. The second kappa shape index (κ2) is 5.56. The Bertz CT molecular complexity index is 536. The molecule has 0 aliphatic heterocycles. The van der Waals surface area contributed by atoms with Crippen LogP contribution < -0.4 is 0 Å². The van der Waals surface area contributed by atoms with E-state index in [4.69, 9.17) is 0 Å². The molecule has 19 heavy (non-hydrogen) atoms. The van der Waals surface area contributed by atoms with Crippen LogP contribution in [0.3, 0.4) is 0 Å². The summed E-state index contributed by atoms with van der Waals surface area (Å²) in [6, 6.07) is 13.1. The fraction of sp³-hybridized carbons (Fsp3) is 0.389. The van der Waals surface area contributed by atoms with Gasteiger partial charge in [0.1, 0.15) is 0 Å². The van der Waals surface area contributed by atoms with Crippen molar-refractivity contribution in [3.8, 4) is 11.3 Å². The third kappa shape index (κ3) is 3.04. The molecule has 0 bridgehead atoms. The summed E-state index contributed by atoms with van der Waals surface area (Å²) in [5.74, 6) is 0.897. The SMILES string of the molecule is Cc1ccc(-c2cc(CC3CCCC3)ccn2)cc1. The van der Waals surface area contributed by atoms with Crippen LogP contribution in [-0.2, 0) is 6.42 Å². The molecule has 0 radical (unpaired) electrons. The minimum Gasteiger partial charge on any atom is -0.256 e. The van der Waals surface area contributed by atoms with Gasteiger partial charge < -0.3 is 0 Å². The van der Waals surface area contributed by atoms with Crippen molar-refractivity contribution in [3.05, 3.63) is 53.7 Å². The summed E-state index contributed by atoms with van der Waals surface area (Å²) in [7, 11) is 0. The van der Waals surface area contributed by atoms with Gasteiger partial charge in [-0.2, -0.15) is 0 Å². The predicted octanol–water partition coefficient (Wildman–Crippen LogP) is 4.79. The van der Waals surface area contributed by atoms with Crippen molar-refractivity contribution in [2.45, 2.75) is 39.0 Å². The van der Waals surface area contributed by atoms with Crippen LogP contribution in [0, 0.1) is 12.8 Å².